The lowest BCUT2D eigenvalue weighted by atomic mass is 10.3. The van der Waals surface area contributed by atoms with E-state index in [2.05, 4.69) is 10.5 Å². The van der Waals surface area contributed by atoms with Gasteiger partial charge in [-0.2, -0.15) is 5.10 Å². The normalized spacial score (nSPS) is 10.2. The van der Waals surface area contributed by atoms with Crippen LogP contribution in [0.4, 0.5) is 11.4 Å². The zero-order valence-electron chi connectivity index (χ0n) is 13.7. The van der Waals surface area contributed by atoms with E-state index in [-0.39, 0.29) is 22.2 Å². The molecule has 1 aromatic carbocycles. The number of rotatable bonds is 4. The zero-order valence-corrected chi connectivity index (χ0v) is 14.5. The molecular formula is C14H16N6O4S. The first-order chi connectivity index (χ1) is 11.8. The average Bonchev–Trinajstić information content (AvgIpc) is 2.86. The fourth-order valence-electron chi connectivity index (χ4n) is 2.27. The number of carbonyl (C=O) groups is 1. The predicted octanol–water partition coefficient (Wildman–Crippen LogP) is 1.04. The van der Waals surface area contributed by atoms with Gasteiger partial charge in [0, 0.05) is 13.1 Å². The summed E-state index contributed by atoms with van der Waals surface area (Å²) in [5.74, 6) is -0.249. The Kier molecular flexibility index (Phi) is 5.17. The largest absolute Gasteiger partial charge is 0.497 e. The van der Waals surface area contributed by atoms with Crippen molar-refractivity contribution in [2.45, 2.75) is 6.92 Å². The molecule has 11 heteroatoms. The number of hydrazine groups is 1. The topological polar surface area (TPSA) is 129 Å². The third kappa shape index (κ3) is 3.66. The second-order valence-electron chi connectivity index (χ2n) is 4.98. The summed E-state index contributed by atoms with van der Waals surface area (Å²) < 4.78 is 6.25. The molecule has 2 aromatic rings. The lowest BCUT2D eigenvalue weighted by molar-refractivity contribution is -0.385. The Balaban J connectivity index is 2.40. The summed E-state index contributed by atoms with van der Waals surface area (Å²) in [6, 6.07) is 6.63. The molecule has 3 N–H and O–H groups in total. The van der Waals surface area contributed by atoms with Crippen LogP contribution in [0.1, 0.15) is 16.2 Å². The lowest BCUT2D eigenvalue weighted by Crippen LogP contribution is -2.49. The molecule has 0 aliphatic carbocycles. The number of aromatic nitrogens is 2. The van der Waals surface area contributed by atoms with Gasteiger partial charge in [-0.25, -0.2) is 5.01 Å². The standard InChI is InChI=1S/C14H16N6O4S/c1-8-11(20(22)23)12(18(2)16-8)13(21)17-19(14(15)25)9-5-4-6-10(7-9)24-3/h4-7H,1-3H3,(H2,15,25)(H,17,21). The Morgan fingerprint density at radius 1 is 1.52 bits per heavy atom. The maximum absolute atomic E-state index is 12.6. The maximum atomic E-state index is 12.6. The number of ether oxygens (including phenoxy) is 1. The van der Waals surface area contributed by atoms with Gasteiger partial charge in [-0.05, 0) is 31.3 Å². The number of hydrogen-bond donors (Lipinski definition) is 2. The van der Waals surface area contributed by atoms with E-state index < -0.39 is 10.8 Å². The van der Waals surface area contributed by atoms with E-state index in [1.807, 2.05) is 0 Å². The van der Waals surface area contributed by atoms with Crippen LogP contribution in [0.5, 0.6) is 5.75 Å². The van der Waals surface area contributed by atoms with Crippen LogP contribution in [0.15, 0.2) is 24.3 Å². The monoisotopic (exact) mass is 364 g/mol. The molecule has 0 saturated carbocycles. The van der Waals surface area contributed by atoms with Gasteiger partial charge in [-0.3, -0.25) is 25.0 Å². The number of hydrogen-bond acceptors (Lipinski definition) is 6. The fourth-order valence-corrected chi connectivity index (χ4v) is 2.42. The van der Waals surface area contributed by atoms with Gasteiger partial charge in [0.25, 0.3) is 5.91 Å². The summed E-state index contributed by atoms with van der Waals surface area (Å²) >= 11 is 4.96. The third-order valence-electron chi connectivity index (χ3n) is 3.33. The van der Waals surface area contributed by atoms with E-state index in [4.69, 9.17) is 22.7 Å². The number of methoxy groups -OCH3 is 1. The van der Waals surface area contributed by atoms with Crippen LogP contribution in [0, 0.1) is 17.0 Å². The van der Waals surface area contributed by atoms with Crippen molar-refractivity contribution >= 4 is 34.6 Å². The van der Waals surface area contributed by atoms with Gasteiger partial charge in [-0.1, -0.05) is 6.07 Å². The van der Waals surface area contributed by atoms with Crippen molar-refractivity contribution in [3.63, 3.8) is 0 Å². The van der Waals surface area contributed by atoms with Crippen molar-refractivity contribution < 1.29 is 14.5 Å². The van der Waals surface area contributed by atoms with Gasteiger partial charge in [0.15, 0.2) is 5.11 Å². The Morgan fingerprint density at radius 2 is 2.20 bits per heavy atom. The van der Waals surface area contributed by atoms with Crippen molar-refractivity contribution in [2.24, 2.45) is 12.8 Å². The lowest BCUT2D eigenvalue weighted by Gasteiger charge is -2.23. The molecule has 0 radical (unpaired) electrons. The molecule has 0 bridgehead atoms. The molecule has 0 aliphatic rings. The fraction of sp³-hybridized carbons (Fsp3) is 0.214. The van der Waals surface area contributed by atoms with E-state index >= 15 is 0 Å². The summed E-state index contributed by atoms with van der Waals surface area (Å²) in [4.78, 5) is 23.1. The molecule has 0 spiro atoms. The van der Waals surface area contributed by atoms with Crippen LogP contribution in [0.3, 0.4) is 0 Å². The zero-order chi connectivity index (χ0) is 18.7. The first kappa shape index (κ1) is 18.1. The molecule has 0 aliphatic heterocycles. The Morgan fingerprint density at radius 3 is 2.76 bits per heavy atom. The molecule has 0 unspecified atom stereocenters. The van der Waals surface area contributed by atoms with Crippen molar-refractivity contribution in [1.29, 1.82) is 0 Å². The minimum Gasteiger partial charge on any atom is -0.497 e. The molecular weight excluding hydrogens is 348 g/mol. The molecule has 10 nitrogen and oxygen atoms in total. The van der Waals surface area contributed by atoms with E-state index in [9.17, 15) is 14.9 Å². The quantitative estimate of drug-likeness (QED) is 0.468. The van der Waals surface area contributed by atoms with Gasteiger partial charge in [0.2, 0.25) is 5.69 Å². The number of amides is 1. The minimum atomic E-state index is -0.773. The van der Waals surface area contributed by atoms with E-state index in [0.29, 0.717) is 11.4 Å². The maximum Gasteiger partial charge on any atom is 0.322 e. The van der Waals surface area contributed by atoms with Crippen LogP contribution in [0.25, 0.3) is 0 Å². The number of benzene rings is 1. The smallest absolute Gasteiger partial charge is 0.322 e. The highest BCUT2D eigenvalue weighted by atomic mass is 32.1. The summed E-state index contributed by atoms with van der Waals surface area (Å²) in [6.45, 7) is 1.45. The third-order valence-corrected chi connectivity index (χ3v) is 3.52. The first-order valence-electron chi connectivity index (χ1n) is 6.98. The highest BCUT2D eigenvalue weighted by Gasteiger charge is 2.30. The Labute approximate surface area is 148 Å². The van der Waals surface area contributed by atoms with Crippen LogP contribution in [-0.4, -0.2) is 32.8 Å². The second kappa shape index (κ2) is 7.13. The van der Waals surface area contributed by atoms with Crippen molar-refractivity contribution in [3.05, 3.63) is 45.8 Å². The van der Waals surface area contributed by atoms with Crippen LogP contribution in [-0.2, 0) is 7.05 Å². The molecule has 0 saturated heterocycles. The van der Waals surface area contributed by atoms with Gasteiger partial charge in [-0.15, -0.1) is 0 Å². The van der Waals surface area contributed by atoms with Crippen molar-refractivity contribution in [3.8, 4) is 5.75 Å². The van der Waals surface area contributed by atoms with Crippen LogP contribution < -0.4 is 20.9 Å². The predicted molar refractivity (Wildman–Crippen MR) is 94.3 cm³/mol. The van der Waals surface area contributed by atoms with Gasteiger partial charge in [0.05, 0.1) is 17.7 Å². The van der Waals surface area contributed by atoms with Crippen molar-refractivity contribution in [2.75, 3.05) is 12.1 Å². The minimum absolute atomic E-state index is 0.126. The SMILES string of the molecule is COc1cccc(N(NC(=O)c2c([N+](=O)[O-])c(C)nn2C)C(N)=S)c1. The highest BCUT2D eigenvalue weighted by Crippen LogP contribution is 2.23. The number of anilines is 1. The molecule has 132 valence electrons. The number of carbonyl (C=O) groups excluding carboxylic acids is 1. The molecule has 1 aromatic heterocycles. The highest BCUT2D eigenvalue weighted by molar-refractivity contribution is 7.80. The number of aryl methyl sites for hydroxylation is 2. The molecule has 25 heavy (non-hydrogen) atoms. The Bertz CT molecular complexity index is 850. The molecule has 0 atom stereocenters. The average molecular weight is 364 g/mol. The number of nitrogens with two attached hydrogens (primary N) is 1. The summed E-state index contributed by atoms with van der Waals surface area (Å²) in [7, 11) is 2.93. The van der Waals surface area contributed by atoms with Gasteiger partial charge in [0.1, 0.15) is 11.4 Å². The first-order valence-corrected chi connectivity index (χ1v) is 7.39. The molecule has 0 fully saturated rings. The summed E-state index contributed by atoms with van der Waals surface area (Å²) in [5, 5.41) is 16.1. The number of nitro groups is 1. The van der Waals surface area contributed by atoms with Crippen LogP contribution in [0.2, 0.25) is 0 Å². The van der Waals surface area contributed by atoms with Crippen molar-refractivity contribution in [1.82, 2.24) is 15.2 Å². The van der Waals surface area contributed by atoms with Crippen LogP contribution >= 0.6 is 12.2 Å². The Hall–Kier alpha value is -3.21. The van der Waals surface area contributed by atoms with E-state index in [1.165, 1.54) is 21.1 Å². The summed E-state index contributed by atoms with van der Waals surface area (Å²) in [5.41, 5.74) is 8.09. The molecule has 1 amide bonds. The van der Waals surface area contributed by atoms with Gasteiger partial charge < -0.3 is 10.5 Å². The second-order valence-corrected chi connectivity index (χ2v) is 5.40. The molecule has 1 heterocycles. The van der Waals surface area contributed by atoms with E-state index in [0.717, 1.165) is 9.69 Å². The number of nitrogens with one attached hydrogen (secondary N) is 1. The number of thiocarbonyl (C=S) groups is 1. The van der Waals surface area contributed by atoms with E-state index in [1.54, 1.807) is 24.3 Å². The van der Waals surface area contributed by atoms with Gasteiger partial charge >= 0.3 is 5.69 Å². The summed E-state index contributed by atoms with van der Waals surface area (Å²) in [6.07, 6.45) is 0. The molecule has 2 rings (SSSR count). The number of nitrogens with zero attached hydrogens (tertiary/aromatic N) is 4.